The molecule has 1 atom stereocenters. The van der Waals surface area contributed by atoms with Crippen molar-refractivity contribution in [3.8, 4) is 0 Å². The lowest BCUT2D eigenvalue weighted by molar-refractivity contribution is -0.133. The highest BCUT2D eigenvalue weighted by Gasteiger charge is 2.30. The van der Waals surface area contributed by atoms with Gasteiger partial charge in [-0.3, -0.25) is 14.3 Å². The SMILES string of the molecule is CC(=O)N1CCc2ccccc2C1CC(=O)NCCCn1nc(C)cc1C. The van der Waals surface area contributed by atoms with E-state index in [1.165, 1.54) is 5.56 Å². The maximum atomic E-state index is 12.5. The van der Waals surface area contributed by atoms with E-state index in [1.807, 2.05) is 41.6 Å². The molecule has 2 aromatic rings. The monoisotopic (exact) mass is 368 g/mol. The molecular formula is C21H28N4O2. The maximum Gasteiger partial charge on any atom is 0.222 e. The fourth-order valence-electron chi connectivity index (χ4n) is 3.85. The van der Waals surface area contributed by atoms with E-state index < -0.39 is 0 Å². The molecule has 1 aromatic heterocycles. The fourth-order valence-corrected chi connectivity index (χ4v) is 3.85. The summed E-state index contributed by atoms with van der Waals surface area (Å²) in [5.74, 6) is 0.00292. The van der Waals surface area contributed by atoms with Crippen molar-refractivity contribution < 1.29 is 9.59 Å². The summed E-state index contributed by atoms with van der Waals surface area (Å²) in [5, 5.41) is 7.43. The minimum Gasteiger partial charge on any atom is -0.356 e. The number of carbonyl (C=O) groups excluding carboxylic acids is 2. The van der Waals surface area contributed by atoms with Crippen LogP contribution in [0.1, 0.15) is 48.3 Å². The van der Waals surface area contributed by atoms with Crippen LogP contribution in [0.2, 0.25) is 0 Å². The van der Waals surface area contributed by atoms with Gasteiger partial charge in [-0.1, -0.05) is 24.3 Å². The van der Waals surface area contributed by atoms with E-state index >= 15 is 0 Å². The van der Waals surface area contributed by atoms with Crippen LogP contribution in [0.3, 0.4) is 0 Å². The summed E-state index contributed by atoms with van der Waals surface area (Å²) in [4.78, 5) is 26.4. The Kier molecular flexibility index (Phi) is 5.94. The number of aromatic nitrogens is 2. The molecular weight excluding hydrogens is 340 g/mol. The Morgan fingerprint density at radius 2 is 2.04 bits per heavy atom. The summed E-state index contributed by atoms with van der Waals surface area (Å²) in [6, 6.07) is 9.98. The second-order valence-corrected chi connectivity index (χ2v) is 7.23. The molecule has 6 heteroatoms. The lowest BCUT2D eigenvalue weighted by Crippen LogP contribution is -2.41. The molecule has 27 heavy (non-hydrogen) atoms. The molecule has 0 saturated carbocycles. The van der Waals surface area contributed by atoms with E-state index in [1.54, 1.807) is 6.92 Å². The summed E-state index contributed by atoms with van der Waals surface area (Å²) in [6.07, 6.45) is 1.97. The zero-order chi connectivity index (χ0) is 19.4. The van der Waals surface area contributed by atoms with E-state index in [9.17, 15) is 9.59 Å². The van der Waals surface area contributed by atoms with Crippen molar-refractivity contribution in [2.24, 2.45) is 0 Å². The molecule has 1 aromatic carbocycles. The van der Waals surface area contributed by atoms with Crippen LogP contribution in [0.4, 0.5) is 0 Å². The van der Waals surface area contributed by atoms with E-state index in [-0.39, 0.29) is 17.9 Å². The molecule has 0 bridgehead atoms. The Morgan fingerprint density at radius 1 is 1.26 bits per heavy atom. The summed E-state index contributed by atoms with van der Waals surface area (Å²) in [5.41, 5.74) is 4.47. The van der Waals surface area contributed by atoms with Gasteiger partial charge in [0.1, 0.15) is 0 Å². The van der Waals surface area contributed by atoms with Gasteiger partial charge in [0.15, 0.2) is 0 Å². The number of aryl methyl sites for hydroxylation is 3. The van der Waals surface area contributed by atoms with Crippen molar-refractivity contribution >= 4 is 11.8 Å². The highest BCUT2D eigenvalue weighted by atomic mass is 16.2. The van der Waals surface area contributed by atoms with Gasteiger partial charge in [0.2, 0.25) is 11.8 Å². The summed E-state index contributed by atoms with van der Waals surface area (Å²) >= 11 is 0. The van der Waals surface area contributed by atoms with Crippen LogP contribution in [0, 0.1) is 13.8 Å². The highest BCUT2D eigenvalue weighted by molar-refractivity contribution is 5.79. The molecule has 0 saturated heterocycles. The maximum absolute atomic E-state index is 12.5. The molecule has 1 N–H and O–H groups in total. The first-order valence-corrected chi connectivity index (χ1v) is 9.58. The van der Waals surface area contributed by atoms with Crippen LogP contribution in [-0.4, -0.2) is 39.6 Å². The smallest absolute Gasteiger partial charge is 0.222 e. The standard InChI is InChI=1S/C21H28N4O2/c1-15-13-16(2)25(23-15)11-6-10-22-21(27)14-20-19-8-5-4-7-18(19)9-12-24(20)17(3)26/h4-5,7-8,13,20H,6,9-12,14H2,1-3H3,(H,22,27). The lowest BCUT2D eigenvalue weighted by atomic mass is 9.90. The molecule has 1 aliphatic heterocycles. The molecule has 0 spiro atoms. The van der Waals surface area contributed by atoms with Gasteiger partial charge in [-0.25, -0.2) is 0 Å². The van der Waals surface area contributed by atoms with Crippen molar-refractivity contribution in [3.63, 3.8) is 0 Å². The number of carbonyl (C=O) groups is 2. The van der Waals surface area contributed by atoms with E-state index in [2.05, 4.69) is 22.5 Å². The van der Waals surface area contributed by atoms with Crippen LogP contribution < -0.4 is 5.32 Å². The quantitative estimate of drug-likeness (QED) is 0.797. The molecule has 0 fully saturated rings. The lowest BCUT2D eigenvalue weighted by Gasteiger charge is -2.36. The van der Waals surface area contributed by atoms with Crippen molar-refractivity contribution in [2.45, 2.75) is 52.6 Å². The first-order chi connectivity index (χ1) is 13.0. The number of hydrogen-bond acceptors (Lipinski definition) is 3. The summed E-state index contributed by atoms with van der Waals surface area (Å²) in [6.45, 7) is 7.65. The molecule has 6 nitrogen and oxygen atoms in total. The third kappa shape index (κ3) is 4.56. The number of fused-ring (bicyclic) bond motifs is 1. The Labute approximate surface area is 160 Å². The molecule has 2 heterocycles. The van der Waals surface area contributed by atoms with Crippen molar-refractivity contribution in [1.82, 2.24) is 20.0 Å². The fraction of sp³-hybridized carbons (Fsp3) is 0.476. The minimum atomic E-state index is -0.177. The predicted octanol–water partition coefficient (Wildman–Crippen LogP) is 2.54. The van der Waals surface area contributed by atoms with Crippen molar-refractivity contribution in [3.05, 3.63) is 52.8 Å². The number of rotatable bonds is 6. The molecule has 1 aliphatic rings. The number of hydrogen-bond donors (Lipinski definition) is 1. The van der Waals surface area contributed by atoms with Crippen LogP contribution in [0.15, 0.2) is 30.3 Å². The third-order valence-corrected chi connectivity index (χ3v) is 5.17. The number of nitrogens with zero attached hydrogens (tertiary/aromatic N) is 3. The average molecular weight is 368 g/mol. The van der Waals surface area contributed by atoms with Crippen LogP contribution >= 0.6 is 0 Å². The van der Waals surface area contributed by atoms with Crippen molar-refractivity contribution in [2.75, 3.05) is 13.1 Å². The Bertz CT molecular complexity index is 827. The van der Waals surface area contributed by atoms with E-state index in [0.717, 1.165) is 36.3 Å². The van der Waals surface area contributed by atoms with Gasteiger partial charge in [-0.2, -0.15) is 5.10 Å². The first-order valence-electron chi connectivity index (χ1n) is 9.58. The van der Waals surface area contributed by atoms with E-state index in [4.69, 9.17) is 0 Å². The topological polar surface area (TPSA) is 67.2 Å². The van der Waals surface area contributed by atoms with Gasteiger partial charge in [-0.15, -0.1) is 0 Å². The second-order valence-electron chi connectivity index (χ2n) is 7.23. The average Bonchev–Trinajstić information content (AvgIpc) is 2.96. The minimum absolute atomic E-state index is 0.0173. The summed E-state index contributed by atoms with van der Waals surface area (Å²) < 4.78 is 1.97. The number of benzene rings is 1. The molecule has 1 unspecified atom stereocenters. The van der Waals surface area contributed by atoms with Crippen LogP contribution in [-0.2, 0) is 22.6 Å². The van der Waals surface area contributed by atoms with Gasteiger partial charge < -0.3 is 10.2 Å². The first kappa shape index (κ1) is 19.1. The largest absolute Gasteiger partial charge is 0.356 e. The Hall–Kier alpha value is -2.63. The number of nitrogens with one attached hydrogen (secondary N) is 1. The predicted molar refractivity (Wildman–Crippen MR) is 104 cm³/mol. The van der Waals surface area contributed by atoms with Crippen LogP contribution in [0.25, 0.3) is 0 Å². The van der Waals surface area contributed by atoms with Gasteiger partial charge in [0.05, 0.1) is 18.2 Å². The van der Waals surface area contributed by atoms with Gasteiger partial charge >= 0.3 is 0 Å². The molecule has 2 amide bonds. The molecule has 3 rings (SSSR count). The Balaban J connectivity index is 1.55. The van der Waals surface area contributed by atoms with Crippen molar-refractivity contribution in [1.29, 1.82) is 0 Å². The zero-order valence-electron chi connectivity index (χ0n) is 16.4. The zero-order valence-corrected chi connectivity index (χ0v) is 16.4. The second kappa shape index (κ2) is 8.37. The van der Waals surface area contributed by atoms with Gasteiger partial charge in [0.25, 0.3) is 0 Å². The summed E-state index contributed by atoms with van der Waals surface area (Å²) in [7, 11) is 0. The van der Waals surface area contributed by atoms with E-state index in [0.29, 0.717) is 19.5 Å². The molecule has 0 radical (unpaired) electrons. The molecule has 144 valence electrons. The van der Waals surface area contributed by atoms with Gasteiger partial charge in [-0.05, 0) is 43.9 Å². The van der Waals surface area contributed by atoms with Crippen LogP contribution in [0.5, 0.6) is 0 Å². The third-order valence-electron chi connectivity index (χ3n) is 5.17. The highest BCUT2D eigenvalue weighted by Crippen LogP contribution is 2.32. The Morgan fingerprint density at radius 3 is 2.74 bits per heavy atom. The normalized spacial score (nSPS) is 16.1. The molecule has 0 aliphatic carbocycles. The number of amides is 2. The van der Waals surface area contributed by atoms with Gasteiger partial charge in [0, 0.05) is 32.3 Å².